The number of benzene rings is 2. The van der Waals surface area contributed by atoms with E-state index < -0.39 is 35.5 Å². The Labute approximate surface area is 233 Å². The van der Waals surface area contributed by atoms with Gasteiger partial charge in [0.25, 0.3) is 17.8 Å². The molecule has 13 heteroatoms. The van der Waals surface area contributed by atoms with Crippen molar-refractivity contribution < 1.29 is 28.0 Å². The molecule has 12 nitrogen and oxygen atoms in total. The fourth-order valence-electron chi connectivity index (χ4n) is 5.34. The Morgan fingerprint density at radius 3 is 2.59 bits per heavy atom. The van der Waals surface area contributed by atoms with Gasteiger partial charge in [-0.2, -0.15) is 5.26 Å². The second-order valence-corrected chi connectivity index (χ2v) is 9.89. The molecule has 1 unspecified atom stereocenters. The number of hydrogen-bond donors (Lipinski definition) is 2. The van der Waals surface area contributed by atoms with Crippen molar-refractivity contribution >= 4 is 41.0 Å². The topological polar surface area (TPSA) is 152 Å². The zero-order valence-electron chi connectivity index (χ0n) is 21.7. The summed E-state index contributed by atoms with van der Waals surface area (Å²) in [5.41, 5.74) is 1.47. The Balaban J connectivity index is 1.10. The molecule has 2 saturated heterocycles. The highest BCUT2D eigenvalue weighted by Gasteiger charge is 2.45. The highest BCUT2D eigenvalue weighted by Crippen LogP contribution is 2.33. The van der Waals surface area contributed by atoms with Crippen LogP contribution in [0.3, 0.4) is 0 Å². The van der Waals surface area contributed by atoms with E-state index in [-0.39, 0.29) is 36.1 Å². The number of imide groups is 2. The lowest BCUT2D eigenvalue weighted by Crippen LogP contribution is -2.54. The van der Waals surface area contributed by atoms with Crippen LogP contribution >= 0.6 is 0 Å². The van der Waals surface area contributed by atoms with Crippen molar-refractivity contribution in [2.45, 2.75) is 25.4 Å². The van der Waals surface area contributed by atoms with Crippen LogP contribution in [0.4, 0.5) is 21.8 Å². The summed E-state index contributed by atoms with van der Waals surface area (Å²) in [4.78, 5) is 59.3. The van der Waals surface area contributed by atoms with Gasteiger partial charge in [-0.05, 0) is 36.8 Å². The first-order chi connectivity index (χ1) is 19.8. The summed E-state index contributed by atoms with van der Waals surface area (Å²) in [5.74, 6) is -2.21. The molecular formula is C28H24FN7O5. The van der Waals surface area contributed by atoms with Gasteiger partial charge in [0, 0.05) is 38.3 Å². The number of oxazole rings is 1. The van der Waals surface area contributed by atoms with Crippen LogP contribution in [-0.2, 0) is 16.1 Å². The second-order valence-electron chi connectivity index (χ2n) is 9.89. The molecule has 0 spiro atoms. The maximum atomic E-state index is 14.4. The van der Waals surface area contributed by atoms with E-state index in [0.717, 1.165) is 4.90 Å². The van der Waals surface area contributed by atoms with E-state index in [4.69, 9.17) is 9.68 Å². The van der Waals surface area contributed by atoms with Crippen molar-refractivity contribution in [2.75, 3.05) is 41.3 Å². The fourth-order valence-corrected chi connectivity index (χ4v) is 5.34. The third kappa shape index (κ3) is 4.73. The molecule has 3 aromatic rings. The molecule has 2 fully saturated rings. The SMILES string of the molecule is N#Cc1ccc(N2CCN(c3ncc(CNc4cccc5c4C(=O)N(C4CCC(=O)NC4=O)C5=O)o3)CC2)c(F)c1. The number of carbonyl (C=O) groups is 4. The van der Waals surface area contributed by atoms with Crippen molar-refractivity contribution in [3.8, 4) is 6.07 Å². The van der Waals surface area contributed by atoms with Gasteiger partial charge in [0.1, 0.15) is 17.6 Å². The van der Waals surface area contributed by atoms with Crippen molar-refractivity contribution in [3.05, 3.63) is 70.9 Å². The number of amides is 4. The van der Waals surface area contributed by atoms with Crippen LogP contribution in [0.2, 0.25) is 0 Å². The molecule has 0 saturated carbocycles. The van der Waals surface area contributed by atoms with Gasteiger partial charge < -0.3 is 19.5 Å². The smallest absolute Gasteiger partial charge is 0.297 e. The molecule has 4 amide bonds. The zero-order valence-corrected chi connectivity index (χ0v) is 21.7. The van der Waals surface area contributed by atoms with Crippen LogP contribution in [-0.4, -0.2) is 65.7 Å². The van der Waals surface area contributed by atoms with E-state index >= 15 is 0 Å². The standard InChI is InChI=1S/C28H24FN7O5/c29-19-12-16(13-30)4-5-21(19)34-8-10-35(11-9-34)28-32-15-17(41-28)14-31-20-3-1-2-18-24(20)27(40)36(26(18)39)22-6-7-23(37)33-25(22)38/h1-5,12,15,22,31H,6-11,14H2,(H,33,37,38). The third-order valence-corrected chi connectivity index (χ3v) is 7.43. The highest BCUT2D eigenvalue weighted by atomic mass is 19.1. The molecule has 6 rings (SSSR count). The third-order valence-electron chi connectivity index (χ3n) is 7.43. The molecule has 0 bridgehead atoms. The lowest BCUT2D eigenvalue weighted by molar-refractivity contribution is -0.136. The summed E-state index contributed by atoms with van der Waals surface area (Å²) in [6, 6.07) is 10.6. The average Bonchev–Trinajstić information content (AvgIpc) is 3.55. The maximum absolute atomic E-state index is 14.4. The van der Waals surface area contributed by atoms with Gasteiger partial charge in [-0.3, -0.25) is 29.4 Å². The number of rotatable bonds is 6. The van der Waals surface area contributed by atoms with Gasteiger partial charge in [0.05, 0.1) is 41.2 Å². The summed E-state index contributed by atoms with van der Waals surface area (Å²) < 4.78 is 20.4. The number of hydrogen-bond acceptors (Lipinski definition) is 10. The van der Waals surface area contributed by atoms with Crippen LogP contribution in [0.5, 0.6) is 0 Å². The molecule has 3 aliphatic rings. The second kappa shape index (κ2) is 10.4. The summed E-state index contributed by atoms with van der Waals surface area (Å²) in [6.45, 7) is 2.35. The number of piperazine rings is 1. The maximum Gasteiger partial charge on any atom is 0.297 e. The molecule has 0 radical (unpaired) electrons. The minimum absolute atomic E-state index is 0.0458. The number of nitriles is 1. The van der Waals surface area contributed by atoms with E-state index in [1.165, 1.54) is 12.1 Å². The van der Waals surface area contributed by atoms with E-state index in [1.807, 2.05) is 15.9 Å². The van der Waals surface area contributed by atoms with Gasteiger partial charge in [-0.25, -0.2) is 9.37 Å². The largest absolute Gasteiger partial charge is 0.427 e. The number of fused-ring (bicyclic) bond motifs is 1. The van der Waals surface area contributed by atoms with E-state index in [1.54, 1.807) is 30.5 Å². The molecule has 0 aliphatic carbocycles. The fraction of sp³-hybridized carbons (Fsp3) is 0.286. The first-order valence-electron chi connectivity index (χ1n) is 13.1. The van der Waals surface area contributed by atoms with Crippen molar-refractivity contribution in [1.82, 2.24) is 15.2 Å². The van der Waals surface area contributed by atoms with Crippen LogP contribution < -0.4 is 20.4 Å². The Morgan fingerprint density at radius 1 is 1.07 bits per heavy atom. The molecule has 3 aliphatic heterocycles. The van der Waals surface area contributed by atoms with Crippen molar-refractivity contribution in [2.24, 2.45) is 0 Å². The van der Waals surface area contributed by atoms with Crippen molar-refractivity contribution in [1.29, 1.82) is 5.26 Å². The summed E-state index contributed by atoms with van der Waals surface area (Å²) in [5, 5.41) is 14.3. The molecule has 1 aromatic heterocycles. The van der Waals surface area contributed by atoms with Crippen molar-refractivity contribution in [3.63, 3.8) is 0 Å². The van der Waals surface area contributed by atoms with Gasteiger partial charge in [-0.1, -0.05) is 6.07 Å². The molecule has 2 aromatic carbocycles. The summed E-state index contributed by atoms with van der Waals surface area (Å²) >= 11 is 0. The van der Waals surface area contributed by atoms with Crippen LogP contribution in [0.25, 0.3) is 0 Å². The lowest BCUT2D eigenvalue weighted by atomic mass is 10.0. The van der Waals surface area contributed by atoms with Gasteiger partial charge in [0.2, 0.25) is 11.8 Å². The predicted octanol–water partition coefficient (Wildman–Crippen LogP) is 2.03. The molecule has 4 heterocycles. The van der Waals surface area contributed by atoms with Crippen LogP contribution in [0.15, 0.2) is 47.0 Å². The van der Waals surface area contributed by atoms with Gasteiger partial charge in [0.15, 0.2) is 0 Å². The van der Waals surface area contributed by atoms with E-state index in [2.05, 4.69) is 15.6 Å². The summed E-state index contributed by atoms with van der Waals surface area (Å²) in [6.07, 6.45) is 1.70. The Morgan fingerprint density at radius 2 is 1.85 bits per heavy atom. The normalized spacial score (nSPS) is 18.8. The quantitative estimate of drug-likeness (QED) is 0.431. The minimum Gasteiger partial charge on any atom is -0.427 e. The Bertz CT molecular complexity index is 1620. The number of nitrogens with zero attached hydrogens (tertiary/aromatic N) is 5. The van der Waals surface area contributed by atoms with Gasteiger partial charge in [-0.15, -0.1) is 0 Å². The first-order valence-corrected chi connectivity index (χ1v) is 13.1. The molecule has 41 heavy (non-hydrogen) atoms. The van der Waals surface area contributed by atoms with Crippen LogP contribution in [0, 0.1) is 17.1 Å². The number of anilines is 3. The average molecular weight is 558 g/mol. The number of carbonyl (C=O) groups excluding carboxylic acids is 4. The molecular weight excluding hydrogens is 533 g/mol. The number of piperidine rings is 1. The van der Waals surface area contributed by atoms with E-state index in [0.29, 0.717) is 49.3 Å². The summed E-state index contributed by atoms with van der Waals surface area (Å²) in [7, 11) is 0. The lowest BCUT2D eigenvalue weighted by Gasteiger charge is -2.35. The van der Waals surface area contributed by atoms with Gasteiger partial charge >= 0.3 is 0 Å². The van der Waals surface area contributed by atoms with Crippen LogP contribution in [0.1, 0.15) is 44.9 Å². The minimum atomic E-state index is -1.04. The monoisotopic (exact) mass is 557 g/mol. The Hall–Kier alpha value is -5.25. The number of nitrogens with one attached hydrogen (secondary N) is 2. The number of halogens is 1. The molecule has 208 valence electrons. The predicted molar refractivity (Wildman–Crippen MR) is 142 cm³/mol. The highest BCUT2D eigenvalue weighted by molar-refractivity contribution is 6.25. The molecule has 1 atom stereocenters. The zero-order chi connectivity index (χ0) is 28.7. The Kier molecular flexibility index (Phi) is 6.58. The van der Waals surface area contributed by atoms with E-state index in [9.17, 15) is 23.6 Å². The number of aromatic nitrogens is 1. The first kappa shape index (κ1) is 26.0. The molecule has 2 N–H and O–H groups in total.